The summed E-state index contributed by atoms with van der Waals surface area (Å²) in [6.45, 7) is 7.10. The smallest absolute Gasteiger partial charge is 0.0946 e. The number of aromatic nitrogens is 1. The van der Waals surface area contributed by atoms with E-state index in [0.29, 0.717) is 12.0 Å². The fraction of sp³-hybridized carbons (Fsp3) is 0.750. The summed E-state index contributed by atoms with van der Waals surface area (Å²) in [7, 11) is 0. The molecule has 2 rings (SSSR count). The second-order valence-electron chi connectivity index (χ2n) is 4.76. The number of thiazole rings is 1. The second-order valence-corrected chi connectivity index (χ2v) is 6.04. The monoisotopic (exact) mass is 240 g/mol. The molecule has 1 aromatic rings. The molecule has 2 N–H and O–H groups in total. The molecule has 1 aromatic heterocycles. The summed E-state index contributed by atoms with van der Waals surface area (Å²) in [6, 6.07) is 0.190. The minimum absolute atomic E-state index is 0.190. The van der Waals surface area contributed by atoms with Gasteiger partial charge in [-0.05, 0) is 27.2 Å². The minimum Gasteiger partial charge on any atom is -0.378 e. The molecular weight excluding hydrogens is 220 g/mol. The summed E-state index contributed by atoms with van der Waals surface area (Å²) in [5.74, 6) is 0.500. The molecule has 0 saturated carbocycles. The van der Waals surface area contributed by atoms with Crippen LogP contribution in [0.3, 0.4) is 0 Å². The van der Waals surface area contributed by atoms with Gasteiger partial charge >= 0.3 is 0 Å². The number of rotatable bonds is 3. The van der Waals surface area contributed by atoms with Crippen molar-refractivity contribution in [2.24, 2.45) is 11.7 Å². The van der Waals surface area contributed by atoms with Crippen LogP contribution >= 0.6 is 11.3 Å². The highest BCUT2D eigenvalue weighted by molar-refractivity contribution is 7.11. The van der Waals surface area contributed by atoms with Crippen LogP contribution in [0.15, 0.2) is 0 Å². The summed E-state index contributed by atoms with van der Waals surface area (Å²) >= 11 is 1.77. The SMILES string of the molecule is Cc1nc(CC(N)C2COC(C)C2)sc1C. The van der Waals surface area contributed by atoms with Crippen molar-refractivity contribution in [3.05, 3.63) is 15.6 Å². The van der Waals surface area contributed by atoms with Crippen LogP contribution in [0.5, 0.6) is 0 Å². The van der Waals surface area contributed by atoms with Crippen molar-refractivity contribution in [3.63, 3.8) is 0 Å². The number of hydrogen-bond donors (Lipinski definition) is 1. The van der Waals surface area contributed by atoms with Crippen LogP contribution in [0.1, 0.15) is 28.9 Å². The molecule has 1 fully saturated rings. The van der Waals surface area contributed by atoms with Crippen LogP contribution in [-0.4, -0.2) is 23.7 Å². The van der Waals surface area contributed by atoms with E-state index < -0.39 is 0 Å². The van der Waals surface area contributed by atoms with Gasteiger partial charge in [-0.15, -0.1) is 11.3 Å². The topological polar surface area (TPSA) is 48.1 Å². The highest BCUT2D eigenvalue weighted by Crippen LogP contribution is 2.25. The Balaban J connectivity index is 1.94. The summed E-state index contributed by atoms with van der Waals surface area (Å²) in [5.41, 5.74) is 7.36. The molecule has 1 aliphatic heterocycles. The van der Waals surface area contributed by atoms with E-state index in [9.17, 15) is 0 Å². The standard InChI is InChI=1S/C12H20N2OS/c1-7-4-10(6-15-7)11(13)5-12-14-8(2)9(3)16-12/h7,10-11H,4-6,13H2,1-3H3. The Morgan fingerprint density at radius 2 is 2.31 bits per heavy atom. The van der Waals surface area contributed by atoms with E-state index >= 15 is 0 Å². The zero-order chi connectivity index (χ0) is 11.7. The lowest BCUT2D eigenvalue weighted by Gasteiger charge is -2.15. The van der Waals surface area contributed by atoms with Crippen LogP contribution in [-0.2, 0) is 11.2 Å². The van der Waals surface area contributed by atoms with Gasteiger partial charge < -0.3 is 10.5 Å². The van der Waals surface area contributed by atoms with Crippen molar-refractivity contribution in [2.75, 3.05) is 6.61 Å². The van der Waals surface area contributed by atoms with Gasteiger partial charge in [-0.3, -0.25) is 0 Å². The molecule has 3 atom stereocenters. The molecule has 1 saturated heterocycles. The normalized spacial score (nSPS) is 27.2. The molecule has 0 bridgehead atoms. The van der Waals surface area contributed by atoms with Gasteiger partial charge in [-0.1, -0.05) is 0 Å². The third-order valence-corrected chi connectivity index (χ3v) is 4.41. The van der Waals surface area contributed by atoms with Crippen molar-refractivity contribution in [1.82, 2.24) is 4.98 Å². The molecule has 0 aromatic carbocycles. The quantitative estimate of drug-likeness (QED) is 0.879. The van der Waals surface area contributed by atoms with Gasteiger partial charge in [0.1, 0.15) is 0 Å². The summed E-state index contributed by atoms with van der Waals surface area (Å²) in [6.07, 6.45) is 2.35. The molecule has 0 amide bonds. The predicted molar refractivity (Wildman–Crippen MR) is 66.8 cm³/mol. The molecule has 0 spiro atoms. The Labute approximate surface area is 101 Å². The van der Waals surface area contributed by atoms with Gasteiger partial charge in [0.2, 0.25) is 0 Å². The number of ether oxygens (including phenoxy) is 1. The maximum Gasteiger partial charge on any atom is 0.0946 e. The molecule has 0 radical (unpaired) electrons. The average Bonchev–Trinajstić information content (AvgIpc) is 2.75. The first-order valence-electron chi connectivity index (χ1n) is 5.86. The van der Waals surface area contributed by atoms with Crippen LogP contribution in [0.4, 0.5) is 0 Å². The van der Waals surface area contributed by atoms with Gasteiger partial charge in [-0.2, -0.15) is 0 Å². The molecular formula is C12H20N2OS. The lowest BCUT2D eigenvalue weighted by Crippen LogP contribution is -2.32. The first kappa shape index (κ1) is 12.0. The largest absolute Gasteiger partial charge is 0.378 e. The molecule has 3 unspecified atom stereocenters. The van der Waals surface area contributed by atoms with E-state index in [1.54, 1.807) is 11.3 Å². The van der Waals surface area contributed by atoms with Crippen LogP contribution in [0.2, 0.25) is 0 Å². The zero-order valence-corrected chi connectivity index (χ0v) is 11.0. The number of aryl methyl sites for hydroxylation is 2. The Hall–Kier alpha value is -0.450. The summed E-state index contributed by atoms with van der Waals surface area (Å²) in [4.78, 5) is 5.84. The summed E-state index contributed by atoms with van der Waals surface area (Å²) in [5, 5.41) is 1.17. The maximum absolute atomic E-state index is 6.22. The van der Waals surface area contributed by atoms with Gasteiger partial charge in [0, 0.05) is 23.3 Å². The highest BCUT2D eigenvalue weighted by Gasteiger charge is 2.28. The maximum atomic E-state index is 6.22. The Kier molecular flexibility index (Phi) is 3.62. The van der Waals surface area contributed by atoms with Gasteiger partial charge in [0.15, 0.2) is 0 Å². The van der Waals surface area contributed by atoms with E-state index in [4.69, 9.17) is 10.5 Å². The average molecular weight is 240 g/mol. The number of hydrogen-bond acceptors (Lipinski definition) is 4. The van der Waals surface area contributed by atoms with E-state index in [1.165, 1.54) is 9.88 Å². The van der Waals surface area contributed by atoms with Crippen molar-refractivity contribution >= 4 is 11.3 Å². The predicted octanol–water partition coefficient (Wildman–Crippen LogP) is 2.05. The Morgan fingerprint density at radius 3 is 2.81 bits per heavy atom. The first-order valence-corrected chi connectivity index (χ1v) is 6.68. The molecule has 4 heteroatoms. The summed E-state index contributed by atoms with van der Waals surface area (Å²) < 4.78 is 5.56. The van der Waals surface area contributed by atoms with Crippen LogP contribution in [0, 0.1) is 19.8 Å². The Morgan fingerprint density at radius 1 is 1.56 bits per heavy atom. The molecule has 1 aliphatic rings. The van der Waals surface area contributed by atoms with E-state index in [2.05, 4.69) is 25.8 Å². The lowest BCUT2D eigenvalue weighted by molar-refractivity contribution is 0.118. The van der Waals surface area contributed by atoms with Gasteiger partial charge in [0.05, 0.1) is 23.4 Å². The molecule has 3 nitrogen and oxygen atoms in total. The minimum atomic E-state index is 0.190. The number of nitrogens with two attached hydrogens (primary N) is 1. The van der Waals surface area contributed by atoms with E-state index in [0.717, 1.165) is 25.1 Å². The zero-order valence-electron chi connectivity index (χ0n) is 10.2. The molecule has 90 valence electrons. The van der Waals surface area contributed by atoms with E-state index in [-0.39, 0.29) is 6.04 Å². The van der Waals surface area contributed by atoms with Gasteiger partial charge in [0.25, 0.3) is 0 Å². The highest BCUT2D eigenvalue weighted by atomic mass is 32.1. The van der Waals surface area contributed by atoms with Crippen molar-refractivity contribution in [2.45, 2.75) is 45.8 Å². The third-order valence-electron chi connectivity index (χ3n) is 3.32. The van der Waals surface area contributed by atoms with Crippen molar-refractivity contribution < 1.29 is 4.74 Å². The van der Waals surface area contributed by atoms with Crippen molar-refractivity contribution in [3.8, 4) is 0 Å². The fourth-order valence-electron chi connectivity index (χ4n) is 2.14. The van der Waals surface area contributed by atoms with Crippen LogP contribution < -0.4 is 5.73 Å². The van der Waals surface area contributed by atoms with Crippen LogP contribution in [0.25, 0.3) is 0 Å². The van der Waals surface area contributed by atoms with E-state index in [1.807, 2.05) is 0 Å². The van der Waals surface area contributed by atoms with Crippen molar-refractivity contribution in [1.29, 1.82) is 0 Å². The number of nitrogens with zero attached hydrogens (tertiary/aromatic N) is 1. The second kappa shape index (κ2) is 4.82. The first-order chi connectivity index (χ1) is 7.56. The molecule has 2 heterocycles. The molecule has 16 heavy (non-hydrogen) atoms. The third kappa shape index (κ3) is 2.62. The molecule has 0 aliphatic carbocycles. The van der Waals surface area contributed by atoms with Gasteiger partial charge in [-0.25, -0.2) is 4.98 Å². The lowest BCUT2D eigenvalue weighted by atomic mass is 9.95. The Bertz CT molecular complexity index is 344. The fourth-order valence-corrected chi connectivity index (χ4v) is 3.15.